The van der Waals surface area contributed by atoms with E-state index < -0.39 is 0 Å². The lowest BCUT2D eigenvalue weighted by Crippen LogP contribution is -2.41. The minimum atomic E-state index is -0.211. The van der Waals surface area contributed by atoms with Crippen molar-refractivity contribution < 1.29 is 9.90 Å². The van der Waals surface area contributed by atoms with Gasteiger partial charge in [-0.05, 0) is 67.2 Å². The number of fused-ring (bicyclic) bond motifs is 4. The van der Waals surface area contributed by atoms with E-state index >= 15 is 0 Å². The Kier molecular flexibility index (Phi) is 4.27. The number of carbonyl (C=O) groups is 1. The first-order chi connectivity index (χ1) is 12.0. The monoisotopic (exact) mass is 342 g/mol. The van der Waals surface area contributed by atoms with Gasteiger partial charge in [-0.1, -0.05) is 19.4 Å². The highest BCUT2D eigenvalue weighted by Gasteiger charge is 2.54. The summed E-state index contributed by atoms with van der Waals surface area (Å²) in [7, 11) is 0. The molecular weight excluding hydrogens is 312 g/mol. The van der Waals surface area contributed by atoms with Crippen molar-refractivity contribution in [1.82, 2.24) is 4.90 Å². The zero-order chi connectivity index (χ0) is 17.6. The van der Waals surface area contributed by atoms with E-state index in [0.29, 0.717) is 24.1 Å². The topological polar surface area (TPSA) is 66.6 Å². The molecule has 25 heavy (non-hydrogen) atoms. The summed E-state index contributed by atoms with van der Waals surface area (Å²) in [5, 5.41) is 10.1. The fraction of sp³-hybridized carbons (Fsp3) is 0.667. The fourth-order valence-electron chi connectivity index (χ4n) is 5.60. The van der Waals surface area contributed by atoms with Gasteiger partial charge in [-0.15, -0.1) is 0 Å². The van der Waals surface area contributed by atoms with Crippen LogP contribution in [0.15, 0.2) is 18.2 Å². The molecule has 3 N–H and O–H groups in total. The number of phenolic OH excluding ortho intramolecular Hbond substituents is 1. The zero-order valence-corrected chi connectivity index (χ0v) is 15.2. The van der Waals surface area contributed by atoms with Crippen LogP contribution in [0, 0.1) is 11.8 Å². The minimum Gasteiger partial charge on any atom is -0.508 e. The van der Waals surface area contributed by atoms with Crippen LogP contribution in [0.4, 0.5) is 0 Å². The molecule has 1 amide bonds. The average Bonchev–Trinajstić information content (AvgIpc) is 2.69. The van der Waals surface area contributed by atoms with Gasteiger partial charge >= 0.3 is 0 Å². The second-order valence-corrected chi connectivity index (χ2v) is 8.60. The van der Waals surface area contributed by atoms with Crippen molar-refractivity contribution in [1.29, 1.82) is 0 Å². The predicted molar refractivity (Wildman–Crippen MR) is 98.4 cm³/mol. The molecule has 4 nitrogen and oxygen atoms in total. The third-order valence-corrected chi connectivity index (χ3v) is 7.23. The van der Waals surface area contributed by atoms with Gasteiger partial charge in [0.05, 0.1) is 0 Å². The van der Waals surface area contributed by atoms with Crippen LogP contribution in [-0.2, 0) is 16.6 Å². The lowest BCUT2D eigenvalue weighted by Gasteiger charge is -2.40. The molecule has 3 aliphatic rings. The summed E-state index contributed by atoms with van der Waals surface area (Å²) < 4.78 is 0. The number of nitrogens with two attached hydrogens (primary N) is 1. The van der Waals surface area contributed by atoms with Crippen LogP contribution >= 0.6 is 0 Å². The minimum absolute atomic E-state index is 0.0518. The molecule has 3 atom stereocenters. The summed E-state index contributed by atoms with van der Waals surface area (Å²) >= 11 is 0. The molecule has 136 valence electrons. The predicted octanol–water partition coefficient (Wildman–Crippen LogP) is 2.96. The number of hydrogen-bond acceptors (Lipinski definition) is 3. The molecule has 1 aromatic rings. The maximum Gasteiger partial charge on any atom is 0.217 e. The lowest BCUT2D eigenvalue weighted by atomic mass is 9.63. The van der Waals surface area contributed by atoms with Crippen molar-refractivity contribution >= 4 is 5.91 Å². The number of benzene rings is 1. The van der Waals surface area contributed by atoms with E-state index in [-0.39, 0.29) is 11.3 Å². The van der Waals surface area contributed by atoms with Crippen LogP contribution < -0.4 is 5.73 Å². The van der Waals surface area contributed by atoms with Gasteiger partial charge in [0.1, 0.15) is 5.75 Å². The molecule has 0 radical (unpaired) electrons. The Morgan fingerprint density at radius 3 is 2.88 bits per heavy atom. The molecular formula is C21H30N2O2. The molecule has 4 rings (SSSR count). The van der Waals surface area contributed by atoms with Crippen LogP contribution in [0.1, 0.15) is 56.6 Å². The van der Waals surface area contributed by atoms with Crippen LogP contribution in [0.2, 0.25) is 0 Å². The van der Waals surface area contributed by atoms with Gasteiger partial charge < -0.3 is 10.8 Å². The maximum atomic E-state index is 11.3. The smallest absolute Gasteiger partial charge is 0.217 e. The van der Waals surface area contributed by atoms with Gasteiger partial charge in [0.2, 0.25) is 5.91 Å². The van der Waals surface area contributed by atoms with Crippen molar-refractivity contribution in [3.05, 3.63) is 29.3 Å². The fourth-order valence-corrected chi connectivity index (χ4v) is 5.60. The van der Waals surface area contributed by atoms with E-state index in [1.165, 1.54) is 36.9 Å². The number of rotatable bonds is 6. The first-order valence-corrected chi connectivity index (χ1v) is 9.84. The SMILES string of the molecule is C[C@H]1[C@H]2Cc3ccc(O)cc3[C@@]1(CCCC(N)=O)CN2CC1CCC1. The van der Waals surface area contributed by atoms with Gasteiger partial charge in [0, 0.05) is 31.0 Å². The van der Waals surface area contributed by atoms with E-state index in [4.69, 9.17) is 5.73 Å². The second-order valence-electron chi connectivity index (χ2n) is 8.60. The molecule has 1 saturated heterocycles. The average molecular weight is 342 g/mol. The Morgan fingerprint density at radius 2 is 2.20 bits per heavy atom. The first-order valence-electron chi connectivity index (χ1n) is 9.84. The lowest BCUT2D eigenvalue weighted by molar-refractivity contribution is -0.118. The maximum absolute atomic E-state index is 11.3. The summed E-state index contributed by atoms with van der Waals surface area (Å²) in [4.78, 5) is 14.0. The molecule has 4 heteroatoms. The number of likely N-dealkylation sites (tertiary alicyclic amines) is 1. The number of phenols is 1. The number of primary amides is 1. The van der Waals surface area contributed by atoms with Crippen LogP contribution in [0.5, 0.6) is 5.75 Å². The standard InChI is InChI=1S/C21H30N2O2/c1-14-19-10-16-7-8-17(24)11-18(16)21(14,9-3-6-20(22)25)13-23(19)12-15-4-2-5-15/h7-8,11,14-15,19,24H,2-6,9-10,12-13H2,1H3,(H2,22,25)/t14-,19+,21-/m0/s1. The van der Waals surface area contributed by atoms with Crippen molar-refractivity contribution in [2.75, 3.05) is 13.1 Å². The van der Waals surface area contributed by atoms with E-state index in [2.05, 4.69) is 17.9 Å². The highest BCUT2D eigenvalue weighted by Crippen LogP contribution is 2.53. The third-order valence-electron chi connectivity index (χ3n) is 7.23. The molecule has 1 heterocycles. The van der Waals surface area contributed by atoms with Gasteiger partial charge in [0.25, 0.3) is 0 Å². The van der Waals surface area contributed by atoms with Gasteiger partial charge in [-0.3, -0.25) is 9.69 Å². The van der Waals surface area contributed by atoms with Crippen LogP contribution in [0.25, 0.3) is 0 Å². The highest BCUT2D eigenvalue weighted by molar-refractivity contribution is 5.73. The molecule has 2 bridgehead atoms. The number of carbonyl (C=O) groups excluding carboxylic acids is 1. The van der Waals surface area contributed by atoms with Crippen LogP contribution in [-0.4, -0.2) is 35.0 Å². The van der Waals surface area contributed by atoms with Crippen LogP contribution in [0.3, 0.4) is 0 Å². The number of hydrogen-bond donors (Lipinski definition) is 2. The molecule has 0 spiro atoms. The second kappa shape index (κ2) is 6.31. The number of amides is 1. The molecule has 2 aliphatic carbocycles. The zero-order valence-electron chi connectivity index (χ0n) is 15.2. The van der Waals surface area contributed by atoms with E-state index in [1.807, 2.05) is 12.1 Å². The molecule has 2 fully saturated rings. The summed E-state index contributed by atoms with van der Waals surface area (Å²) in [5.74, 6) is 1.56. The molecule has 1 aromatic carbocycles. The molecule has 1 aliphatic heterocycles. The first kappa shape index (κ1) is 16.9. The van der Waals surface area contributed by atoms with Gasteiger partial charge in [0.15, 0.2) is 0 Å². The van der Waals surface area contributed by atoms with E-state index in [0.717, 1.165) is 31.7 Å². The Hall–Kier alpha value is -1.55. The summed E-state index contributed by atoms with van der Waals surface area (Å²) in [5.41, 5.74) is 8.14. The van der Waals surface area contributed by atoms with Crippen molar-refractivity contribution in [2.45, 2.75) is 63.3 Å². The summed E-state index contributed by atoms with van der Waals surface area (Å²) in [6.07, 6.45) is 7.48. The molecule has 0 unspecified atom stereocenters. The van der Waals surface area contributed by atoms with E-state index in [9.17, 15) is 9.90 Å². The van der Waals surface area contributed by atoms with Crippen molar-refractivity contribution in [3.8, 4) is 5.75 Å². The Bertz CT molecular complexity index is 670. The van der Waals surface area contributed by atoms with Crippen molar-refractivity contribution in [3.63, 3.8) is 0 Å². The molecule has 1 saturated carbocycles. The Balaban J connectivity index is 1.65. The summed E-state index contributed by atoms with van der Waals surface area (Å²) in [6, 6.07) is 6.51. The highest BCUT2D eigenvalue weighted by atomic mass is 16.3. The van der Waals surface area contributed by atoms with Gasteiger partial charge in [-0.2, -0.15) is 0 Å². The number of nitrogens with zero attached hydrogens (tertiary/aromatic N) is 1. The third kappa shape index (κ3) is 2.84. The van der Waals surface area contributed by atoms with E-state index in [1.54, 1.807) is 0 Å². The normalized spacial score (nSPS) is 31.6. The quantitative estimate of drug-likeness (QED) is 0.835. The summed E-state index contributed by atoms with van der Waals surface area (Å²) in [6.45, 7) is 4.65. The largest absolute Gasteiger partial charge is 0.508 e. The van der Waals surface area contributed by atoms with Crippen molar-refractivity contribution in [2.24, 2.45) is 17.6 Å². The Labute approximate surface area is 150 Å². The molecule has 0 aromatic heterocycles. The van der Waals surface area contributed by atoms with Gasteiger partial charge in [-0.25, -0.2) is 0 Å². The number of aromatic hydroxyl groups is 1. The Morgan fingerprint density at radius 1 is 1.40 bits per heavy atom.